The molecule has 8 heteroatoms. The van der Waals surface area contributed by atoms with Crippen molar-refractivity contribution in [3.8, 4) is 0 Å². The van der Waals surface area contributed by atoms with Crippen molar-refractivity contribution in [1.29, 1.82) is 0 Å². The average Bonchev–Trinajstić information content (AvgIpc) is 3.26. The molecule has 3 N–H and O–H groups in total. The first-order chi connectivity index (χ1) is 12.1. The van der Waals surface area contributed by atoms with E-state index in [0.29, 0.717) is 43.0 Å². The summed E-state index contributed by atoms with van der Waals surface area (Å²) in [5, 5.41) is 10.1. The van der Waals surface area contributed by atoms with Gasteiger partial charge in [0.2, 0.25) is 5.91 Å². The van der Waals surface area contributed by atoms with Crippen molar-refractivity contribution in [3.63, 3.8) is 0 Å². The van der Waals surface area contributed by atoms with Gasteiger partial charge in [0, 0.05) is 39.3 Å². The maximum Gasteiger partial charge on any atom is 0.267 e. The maximum atomic E-state index is 11.9. The number of aromatic nitrogens is 1. The van der Waals surface area contributed by atoms with Gasteiger partial charge < -0.3 is 20.5 Å². The lowest BCUT2D eigenvalue weighted by Gasteiger charge is -2.08. The minimum atomic E-state index is -0.168. The third kappa shape index (κ3) is 6.07. The number of nitrogens with zero attached hydrogens (tertiary/aromatic N) is 1. The van der Waals surface area contributed by atoms with Gasteiger partial charge in [-0.05, 0) is 30.0 Å². The summed E-state index contributed by atoms with van der Waals surface area (Å²) < 4.78 is 1.73. The molecule has 3 amide bonds. The molecule has 0 unspecified atom stereocenters. The Morgan fingerprint density at radius 1 is 1.00 bits per heavy atom. The minimum Gasteiger partial charge on any atom is -0.354 e. The van der Waals surface area contributed by atoms with E-state index in [1.165, 1.54) is 11.3 Å². The van der Waals surface area contributed by atoms with Gasteiger partial charge >= 0.3 is 0 Å². The fraction of sp³-hybridized carbons (Fsp3) is 0.353. The molecule has 2 heterocycles. The lowest BCUT2D eigenvalue weighted by molar-refractivity contribution is -0.121. The molecule has 25 heavy (non-hydrogen) atoms. The molecule has 7 nitrogen and oxygen atoms in total. The Morgan fingerprint density at radius 3 is 2.44 bits per heavy atom. The van der Waals surface area contributed by atoms with E-state index < -0.39 is 0 Å². The van der Waals surface area contributed by atoms with Gasteiger partial charge in [0.25, 0.3) is 11.8 Å². The number of rotatable bonds is 9. The molecule has 0 aromatic carbocycles. The third-order valence-corrected chi connectivity index (χ3v) is 4.39. The SMILES string of the molecule is Cn1cccc1C(=O)NCCNC(=O)CCCNC(=O)c1cccs1. The molecule has 0 radical (unpaired) electrons. The Hall–Kier alpha value is -2.61. The van der Waals surface area contributed by atoms with E-state index in [-0.39, 0.29) is 17.7 Å². The molecule has 2 aromatic rings. The smallest absolute Gasteiger partial charge is 0.267 e. The van der Waals surface area contributed by atoms with Crippen LogP contribution in [0.25, 0.3) is 0 Å². The monoisotopic (exact) mass is 362 g/mol. The Balaban J connectivity index is 1.52. The molecule has 134 valence electrons. The molecular weight excluding hydrogens is 340 g/mol. The van der Waals surface area contributed by atoms with Gasteiger partial charge in [-0.15, -0.1) is 11.3 Å². The Morgan fingerprint density at radius 2 is 1.76 bits per heavy atom. The van der Waals surface area contributed by atoms with Crippen LogP contribution in [-0.2, 0) is 11.8 Å². The first-order valence-electron chi connectivity index (χ1n) is 8.06. The molecule has 0 aliphatic rings. The summed E-state index contributed by atoms with van der Waals surface area (Å²) in [6.07, 6.45) is 2.70. The first-order valence-corrected chi connectivity index (χ1v) is 8.94. The molecule has 0 saturated carbocycles. The van der Waals surface area contributed by atoms with E-state index in [4.69, 9.17) is 0 Å². The van der Waals surface area contributed by atoms with Crippen LogP contribution in [0.5, 0.6) is 0 Å². The zero-order chi connectivity index (χ0) is 18.1. The molecule has 2 rings (SSSR count). The van der Waals surface area contributed by atoms with Crippen molar-refractivity contribution in [1.82, 2.24) is 20.5 Å². The van der Waals surface area contributed by atoms with Crippen LogP contribution in [0, 0.1) is 0 Å². The zero-order valence-corrected chi connectivity index (χ0v) is 14.9. The van der Waals surface area contributed by atoms with Crippen LogP contribution >= 0.6 is 11.3 Å². The highest BCUT2D eigenvalue weighted by Gasteiger charge is 2.08. The second-order valence-corrected chi connectivity index (χ2v) is 6.39. The lowest BCUT2D eigenvalue weighted by Crippen LogP contribution is -2.35. The zero-order valence-electron chi connectivity index (χ0n) is 14.1. The maximum absolute atomic E-state index is 11.9. The van der Waals surface area contributed by atoms with Crippen LogP contribution in [0.3, 0.4) is 0 Å². The molecule has 0 atom stereocenters. The Labute approximate surface area is 150 Å². The van der Waals surface area contributed by atoms with Crippen LogP contribution in [-0.4, -0.2) is 41.9 Å². The summed E-state index contributed by atoms with van der Waals surface area (Å²) in [5.41, 5.74) is 0.577. The van der Waals surface area contributed by atoms with Crippen LogP contribution in [0.4, 0.5) is 0 Å². The number of thiophene rings is 1. The minimum absolute atomic E-state index is 0.0986. The van der Waals surface area contributed by atoms with E-state index in [1.54, 1.807) is 36.0 Å². The highest BCUT2D eigenvalue weighted by atomic mass is 32.1. The van der Waals surface area contributed by atoms with Crippen LogP contribution in [0.1, 0.15) is 33.0 Å². The molecule has 2 aromatic heterocycles. The third-order valence-electron chi connectivity index (χ3n) is 3.52. The van der Waals surface area contributed by atoms with Crippen molar-refractivity contribution >= 4 is 29.1 Å². The number of carbonyl (C=O) groups is 3. The second-order valence-electron chi connectivity index (χ2n) is 5.45. The number of nitrogens with one attached hydrogen (secondary N) is 3. The number of carbonyl (C=O) groups excluding carboxylic acids is 3. The normalized spacial score (nSPS) is 10.3. The fourth-order valence-electron chi connectivity index (χ4n) is 2.20. The summed E-state index contributed by atoms with van der Waals surface area (Å²) in [7, 11) is 1.80. The fourth-order valence-corrected chi connectivity index (χ4v) is 2.84. The summed E-state index contributed by atoms with van der Waals surface area (Å²) >= 11 is 1.38. The summed E-state index contributed by atoms with van der Waals surface area (Å²) in [6, 6.07) is 7.12. The molecular formula is C17H22N4O3S. The van der Waals surface area contributed by atoms with Crippen molar-refractivity contribution in [2.45, 2.75) is 12.8 Å². The molecule has 0 saturated heterocycles. The number of aryl methyl sites for hydroxylation is 1. The highest BCUT2D eigenvalue weighted by molar-refractivity contribution is 7.12. The van der Waals surface area contributed by atoms with Crippen LogP contribution in [0.2, 0.25) is 0 Å². The molecule has 0 fully saturated rings. The van der Waals surface area contributed by atoms with Crippen LogP contribution < -0.4 is 16.0 Å². The van der Waals surface area contributed by atoms with E-state index in [0.717, 1.165) is 0 Å². The summed E-state index contributed by atoms with van der Waals surface area (Å²) in [6.45, 7) is 1.19. The van der Waals surface area contributed by atoms with Gasteiger partial charge in [-0.1, -0.05) is 6.07 Å². The Bertz CT molecular complexity index is 709. The number of amides is 3. The Kier molecular flexibility index (Phi) is 7.21. The topological polar surface area (TPSA) is 92.2 Å². The van der Waals surface area contributed by atoms with Gasteiger partial charge in [0.15, 0.2) is 0 Å². The van der Waals surface area contributed by atoms with Gasteiger partial charge in [-0.3, -0.25) is 14.4 Å². The molecule has 0 aliphatic heterocycles. The number of hydrogen-bond donors (Lipinski definition) is 3. The first kappa shape index (κ1) is 18.7. The summed E-state index contributed by atoms with van der Waals surface area (Å²) in [5.74, 6) is -0.379. The molecule has 0 spiro atoms. The van der Waals surface area contributed by atoms with Gasteiger partial charge in [-0.25, -0.2) is 0 Å². The van der Waals surface area contributed by atoms with E-state index in [1.807, 2.05) is 11.4 Å². The predicted octanol–water partition coefficient (Wildman–Crippen LogP) is 1.14. The van der Waals surface area contributed by atoms with Gasteiger partial charge in [0.1, 0.15) is 5.69 Å². The highest BCUT2D eigenvalue weighted by Crippen LogP contribution is 2.07. The van der Waals surface area contributed by atoms with Crippen molar-refractivity contribution in [2.24, 2.45) is 7.05 Å². The van der Waals surface area contributed by atoms with Crippen LogP contribution in [0.15, 0.2) is 35.8 Å². The van der Waals surface area contributed by atoms with E-state index in [2.05, 4.69) is 16.0 Å². The predicted molar refractivity (Wildman–Crippen MR) is 96.6 cm³/mol. The number of hydrogen-bond acceptors (Lipinski definition) is 4. The van der Waals surface area contributed by atoms with E-state index >= 15 is 0 Å². The second kappa shape index (κ2) is 9.63. The largest absolute Gasteiger partial charge is 0.354 e. The van der Waals surface area contributed by atoms with Crippen molar-refractivity contribution in [3.05, 3.63) is 46.4 Å². The molecule has 0 aliphatic carbocycles. The summed E-state index contributed by atoms with van der Waals surface area (Å²) in [4.78, 5) is 35.9. The van der Waals surface area contributed by atoms with Crippen molar-refractivity contribution in [2.75, 3.05) is 19.6 Å². The standard InChI is InChI=1S/C17H22N4O3S/c1-21-11-3-5-13(21)16(23)20-10-9-18-15(22)7-2-8-19-17(24)14-6-4-12-25-14/h3-6,11-12H,2,7-10H2,1H3,(H,18,22)(H,19,24)(H,20,23). The quantitative estimate of drug-likeness (QED) is 0.584. The average molecular weight is 362 g/mol. The van der Waals surface area contributed by atoms with Gasteiger partial charge in [-0.2, -0.15) is 0 Å². The van der Waals surface area contributed by atoms with Gasteiger partial charge in [0.05, 0.1) is 4.88 Å². The molecule has 0 bridgehead atoms. The van der Waals surface area contributed by atoms with E-state index in [9.17, 15) is 14.4 Å². The van der Waals surface area contributed by atoms with Crippen molar-refractivity contribution < 1.29 is 14.4 Å². The lowest BCUT2D eigenvalue weighted by atomic mass is 10.3.